The van der Waals surface area contributed by atoms with Crippen LogP contribution in [-0.2, 0) is 6.18 Å². The zero-order valence-corrected chi connectivity index (χ0v) is 17.0. The van der Waals surface area contributed by atoms with Crippen LogP contribution in [0.1, 0.15) is 24.4 Å². The van der Waals surface area contributed by atoms with Crippen molar-refractivity contribution in [3.63, 3.8) is 0 Å². The number of nitrogens with zero attached hydrogens (tertiary/aromatic N) is 5. The number of hydrogen-bond acceptors (Lipinski definition) is 8. The van der Waals surface area contributed by atoms with E-state index in [0.717, 1.165) is 10.6 Å². The van der Waals surface area contributed by atoms with Crippen molar-refractivity contribution in [2.45, 2.75) is 19.1 Å². The fraction of sp³-hybridized carbons (Fsp3) is 0.167. The summed E-state index contributed by atoms with van der Waals surface area (Å²) in [6.07, 6.45) is -2.10. The maximum absolute atomic E-state index is 13.6. The van der Waals surface area contributed by atoms with Crippen LogP contribution < -0.4 is 22.3 Å². The van der Waals surface area contributed by atoms with Gasteiger partial charge in [-0.05, 0) is 19.1 Å². The van der Waals surface area contributed by atoms with E-state index in [1.807, 2.05) is 0 Å². The predicted molar refractivity (Wildman–Crippen MR) is 112 cm³/mol. The monoisotopic (exact) mass is 465 g/mol. The lowest BCUT2D eigenvalue weighted by molar-refractivity contribution is -0.136. The highest BCUT2D eigenvalue weighted by molar-refractivity contribution is 6.35. The van der Waals surface area contributed by atoms with Gasteiger partial charge in [0.15, 0.2) is 5.82 Å². The number of fused-ring (bicyclic) bond motifs is 1. The molecule has 4 rings (SSSR count). The fourth-order valence-corrected chi connectivity index (χ4v) is 3.38. The standard InChI is InChI=1S/C18H15ClF3N9O/c1-7(27-14-12(19)13(23)29-17(24)30-14)15-28-10-4-2-3-9(18(20,21)22)11(10)16(32)31(15)8-5-25-26-6-8/h2-7H,1H3,(H,25,26)(H5,23,24,27,29,30). The molecule has 3 heterocycles. The quantitative estimate of drug-likeness (QED) is 0.359. The minimum atomic E-state index is -4.75. The lowest BCUT2D eigenvalue weighted by Crippen LogP contribution is -2.29. The number of anilines is 3. The molecule has 4 aromatic rings. The number of benzene rings is 1. The Labute approximate surface area is 182 Å². The molecule has 0 saturated heterocycles. The van der Waals surface area contributed by atoms with Gasteiger partial charge < -0.3 is 16.8 Å². The van der Waals surface area contributed by atoms with Crippen LogP contribution >= 0.6 is 11.6 Å². The first kappa shape index (κ1) is 21.4. The van der Waals surface area contributed by atoms with Crippen LogP contribution in [-0.4, -0.2) is 29.7 Å². The van der Waals surface area contributed by atoms with Crippen LogP contribution in [0.25, 0.3) is 16.6 Å². The predicted octanol–water partition coefficient (Wildman–Crippen LogP) is 2.91. The highest BCUT2D eigenvalue weighted by Crippen LogP contribution is 2.34. The van der Waals surface area contributed by atoms with Crippen molar-refractivity contribution in [3.05, 3.63) is 57.4 Å². The Kier molecular flexibility index (Phi) is 5.12. The molecule has 1 atom stereocenters. The molecule has 0 amide bonds. The number of H-pyrrole nitrogens is 1. The van der Waals surface area contributed by atoms with E-state index < -0.39 is 28.7 Å². The van der Waals surface area contributed by atoms with E-state index in [1.54, 1.807) is 6.92 Å². The van der Waals surface area contributed by atoms with Gasteiger partial charge in [0.2, 0.25) is 5.95 Å². The van der Waals surface area contributed by atoms with E-state index in [2.05, 4.69) is 30.5 Å². The van der Waals surface area contributed by atoms with Gasteiger partial charge in [-0.2, -0.15) is 28.2 Å². The van der Waals surface area contributed by atoms with Crippen LogP contribution in [0.2, 0.25) is 5.02 Å². The molecule has 0 saturated carbocycles. The Morgan fingerprint density at radius 3 is 2.62 bits per heavy atom. The summed E-state index contributed by atoms with van der Waals surface area (Å²) in [5, 5.41) is 8.67. The minimum Gasteiger partial charge on any atom is -0.382 e. The lowest BCUT2D eigenvalue weighted by atomic mass is 10.1. The molecule has 3 aromatic heterocycles. The molecule has 1 aromatic carbocycles. The summed E-state index contributed by atoms with van der Waals surface area (Å²) in [5.41, 5.74) is 9.39. The van der Waals surface area contributed by atoms with E-state index in [4.69, 9.17) is 23.1 Å². The number of aromatic nitrogens is 6. The zero-order chi connectivity index (χ0) is 23.2. The maximum Gasteiger partial charge on any atom is 0.417 e. The third-order valence-electron chi connectivity index (χ3n) is 4.61. The Morgan fingerprint density at radius 1 is 1.22 bits per heavy atom. The number of alkyl halides is 3. The summed E-state index contributed by atoms with van der Waals surface area (Å²) in [6, 6.07) is 2.57. The number of nitrogens with two attached hydrogens (primary N) is 2. The molecule has 1 unspecified atom stereocenters. The van der Waals surface area contributed by atoms with Crippen LogP contribution in [0.3, 0.4) is 0 Å². The molecular weight excluding hydrogens is 451 g/mol. The first-order valence-electron chi connectivity index (χ1n) is 9.05. The number of nitrogens with one attached hydrogen (secondary N) is 2. The van der Waals surface area contributed by atoms with Crippen molar-refractivity contribution >= 4 is 40.1 Å². The number of rotatable bonds is 4. The number of halogens is 4. The van der Waals surface area contributed by atoms with Crippen LogP contribution in [0, 0.1) is 0 Å². The van der Waals surface area contributed by atoms with Crippen molar-refractivity contribution in [3.8, 4) is 5.69 Å². The molecule has 0 aliphatic rings. The summed E-state index contributed by atoms with van der Waals surface area (Å²) in [6.45, 7) is 1.61. The topological polar surface area (TPSA) is 153 Å². The maximum atomic E-state index is 13.6. The number of hydrogen-bond donors (Lipinski definition) is 4. The Balaban J connectivity index is 1.95. The lowest BCUT2D eigenvalue weighted by Gasteiger charge is -2.21. The molecule has 166 valence electrons. The zero-order valence-electron chi connectivity index (χ0n) is 16.3. The van der Waals surface area contributed by atoms with Gasteiger partial charge in [-0.1, -0.05) is 17.7 Å². The molecule has 0 aliphatic heterocycles. The summed E-state index contributed by atoms with van der Waals surface area (Å²) >= 11 is 6.14. The molecule has 0 fully saturated rings. The van der Waals surface area contributed by atoms with E-state index in [9.17, 15) is 18.0 Å². The molecule has 10 nitrogen and oxygen atoms in total. The van der Waals surface area contributed by atoms with Gasteiger partial charge in [-0.15, -0.1) is 0 Å². The van der Waals surface area contributed by atoms with Gasteiger partial charge in [-0.25, -0.2) is 4.98 Å². The minimum absolute atomic E-state index is 0.0107. The third-order valence-corrected chi connectivity index (χ3v) is 4.98. The van der Waals surface area contributed by atoms with Crippen molar-refractivity contribution in [2.24, 2.45) is 0 Å². The number of aromatic amines is 1. The van der Waals surface area contributed by atoms with Crippen LogP contribution in [0.5, 0.6) is 0 Å². The fourth-order valence-electron chi connectivity index (χ4n) is 3.24. The van der Waals surface area contributed by atoms with E-state index in [1.165, 1.54) is 24.5 Å². The van der Waals surface area contributed by atoms with E-state index in [0.29, 0.717) is 0 Å². The summed E-state index contributed by atoms with van der Waals surface area (Å²) in [7, 11) is 0. The van der Waals surface area contributed by atoms with Gasteiger partial charge in [-0.3, -0.25) is 14.5 Å². The summed E-state index contributed by atoms with van der Waals surface area (Å²) in [4.78, 5) is 25.4. The van der Waals surface area contributed by atoms with E-state index in [-0.39, 0.29) is 39.6 Å². The second-order valence-corrected chi connectivity index (χ2v) is 7.14. The molecule has 32 heavy (non-hydrogen) atoms. The van der Waals surface area contributed by atoms with Crippen LogP contribution in [0.4, 0.5) is 30.8 Å². The first-order chi connectivity index (χ1) is 15.1. The largest absolute Gasteiger partial charge is 0.417 e. The molecule has 0 aliphatic carbocycles. The molecule has 6 N–H and O–H groups in total. The van der Waals surface area contributed by atoms with Gasteiger partial charge in [0, 0.05) is 6.20 Å². The van der Waals surface area contributed by atoms with Gasteiger partial charge in [0.1, 0.15) is 16.7 Å². The Bertz CT molecular complexity index is 1370. The summed E-state index contributed by atoms with van der Waals surface area (Å²) in [5.74, 6) is -0.0613. The van der Waals surface area contributed by atoms with Crippen molar-refractivity contribution in [1.82, 2.24) is 29.7 Å². The SMILES string of the molecule is CC(Nc1nc(N)nc(N)c1Cl)c1nc2cccc(C(F)(F)F)c2c(=O)n1-c1cn[nH]c1. The Morgan fingerprint density at radius 2 is 1.97 bits per heavy atom. The first-order valence-corrected chi connectivity index (χ1v) is 9.42. The van der Waals surface area contributed by atoms with E-state index >= 15 is 0 Å². The van der Waals surface area contributed by atoms with Crippen molar-refractivity contribution in [2.75, 3.05) is 16.8 Å². The second kappa shape index (κ2) is 7.67. The normalized spacial score (nSPS) is 12.8. The van der Waals surface area contributed by atoms with Crippen LogP contribution in [0.15, 0.2) is 35.4 Å². The van der Waals surface area contributed by atoms with Gasteiger partial charge >= 0.3 is 6.18 Å². The molecule has 14 heteroatoms. The average molecular weight is 466 g/mol. The van der Waals surface area contributed by atoms with Crippen molar-refractivity contribution < 1.29 is 13.2 Å². The molecular formula is C18H15ClF3N9O. The highest BCUT2D eigenvalue weighted by atomic mass is 35.5. The smallest absolute Gasteiger partial charge is 0.382 e. The highest BCUT2D eigenvalue weighted by Gasteiger charge is 2.35. The Hall–Kier alpha value is -3.87. The molecule has 0 spiro atoms. The average Bonchev–Trinajstić information content (AvgIpc) is 3.24. The molecule has 0 bridgehead atoms. The van der Waals surface area contributed by atoms with Gasteiger partial charge in [0.25, 0.3) is 5.56 Å². The third kappa shape index (κ3) is 3.66. The second-order valence-electron chi connectivity index (χ2n) is 6.76. The molecule has 0 radical (unpaired) electrons. The van der Waals surface area contributed by atoms with Gasteiger partial charge in [0.05, 0.1) is 34.4 Å². The van der Waals surface area contributed by atoms with Crippen molar-refractivity contribution in [1.29, 1.82) is 0 Å². The summed E-state index contributed by atoms with van der Waals surface area (Å²) < 4.78 is 41.8. The number of nitrogen functional groups attached to an aromatic ring is 2.